The minimum absolute atomic E-state index is 0.0341. The van der Waals surface area contributed by atoms with Crippen molar-refractivity contribution in [2.24, 2.45) is 0 Å². The fourth-order valence-corrected chi connectivity index (χ4v) is 2.49. The molecule has 1 aliphatic rings. The number of piperidine rings is 1. The summed E-state index contributed by atoms with van der Waals surface area (Å²) in [6.07, 6.45) is 3.78. The van der Waals surface area contributed by atoms with Crippen molar-refractivity contribution in [2.45, 2.75) is 25.8 Å². The van der Waals surface area contributed by atoms with Gasteiger partial charge >= 0.3 is 0 Å². The zero-order chi connectivity index (χ0) is 14.5. The van der Waals surface area contributed by atoms with Crippen LogP contribution >= 0.6 is 0 Å². The number of allylic oxidation sites excluding steroid dienone is 1. The second-order valence-electron chi connectivity index (χ2n) is 5.25. The number of likely N-dealkylation sites (N-methyl/N-ethyl adjacent to an activating group) is 1. The van der Waals surface area contributed by atoms with Crippen LogP contribution in [0.4, 0.5) is 4.39 Å². The van der Waals surface area contributed by atoms with Gasteiger partial charge in [-0.05, 0) is 50.1 Å². The van der Waals surface area contributed by atoms with Gasteiger partial charge in [0, 0.05) is 25.2 Å². The molecule has 4 heteroatoms. The van der Waals surface area contributed by atoms with Crippen molar-refractivity contribution in [2.75, 3.05) is 20.1 Å². The summed E-state index contributed by atoms with van der Waals surface area (Å²) >= 11 is 0. The van der Waals surface area contributed by atoms with E-state index >= 15 is 0 Å². The number of carbonyl (C=O) groups excluding carboxylic acids is 1. The Labute approximate surface area is 119 Å². The van der Waals surface area contributed by atoms with Crippen LogP contribution < -0.4 is 5.32 Å². The molecule has 108 valence electrons. The maximum atomic E-state index is 12.9. The molecule has 1 heterocycles. The van der Waals surface area contributed by atoms with Gasteiger partial charge in [-0.25, -0.2) is 4.39 Å². The summed E-state index contributed by atoms with van der Waals surface area (Å²) in [6.45, 7) is 3.44. The zero-order valence-electron chi connectivity index (χ0n) is 12.0. The van der Waals surface area contributed by atoms with Crippen molar-refractivity contribution in [3.8, 4) is 0 Å². The maximum absolute atomic E-state index is 12.9. The molecule has 1 atom stereocenters. The average Bonchev–Trinajstić information content (AvgIpc) is 2.47. The van der Waals surface area contributed by atoms with Crippen LogP contribution in [-0.4, -0.2) is 37.0 Å². The van der Waals surface area contributed by atoms with E-state index in [4.69, 9.17) is 0 Å². The number of nitrogens with zero attached hydrogens (tertiary/aromatic N) is 1. The Kier molecular flexibility index (Phi) is 4.90. The number of nitrogens with one attached hydrogen (secondary N) is 1. The van der Waals surface area contributed by atoms with Gasteiger partial charge in [0.25, 0.3) is 0 Å². The fourth-order valence-electron chi connectivity index (χ4n) is 2.49. The van der Waals surface area contributed by atoms with Crippen LogP contribution in [0.3, 0.4) is 0 Å². The Balaban J connectivity index is 2.05. The number of carbonyl (C=O) groups is 1. The third-order valence-corrected chi connectivity index (χ3v) is 3.78. The standard InChI is InChI=1S/C16H21FN2O/c1-12(13-5-7-14(17)8-6-13)10-16(20)19-9-3-4-15(11-19)18-2/h5-8,10,15,18H,3-4,9,11H2,1-2H3/b12-10+. The maximum Gasteiger partial charge on any atom is 0.246 e. The van der Waals surface area contributed by atoms with Crippen molar-refractivity contribution in [1.82, 2.24) is 10.2 Å². The van der Waals surface area contributed by atoms with Gasteiger partial charge in [0.2, 0.25) is 5.91 Å². The van der Waals surface area contributed by atoms with E-state index in [1.54, 1.807) is 18.2 Å². The number of hydrogen-bond acceptors (Lipinski definition) is 2. The first kappa shape index (κ1) is 14.7. The Morgan fingerprint density at radius 1 is 1.40 bits per heavy atom. The molecule has 20 heavy (non-hydrogen) atoms. The molecule has 1 fully saturated rings. The lowest BCUT2D eigenvalue weighted by Gasteiger charge is -2.32. The monoisotopic (exact) mass is 276 g/mol. The minimum Gasteiger partial charge on any atom is -0.338 e. The van der Waals surface area contributed by atoms with Crippen LogP contribution in [0.1, 0.15) is 25.3 Å². The van der Waals surface area contributed by atoms with E-state index < -0.39 is 0 Å². The molecule has 0 aliphatic carbocycles. The lowest BCUT2D eigenvalue weighted by atomic mass is 10.0. The van der Waals surface area contributed by atoms with E-state index in [1.807, 2.05) is 18.9 Å². The summed E-state index contributed by atoms with van der Waals surface area (Å²) in [7, 11) is 1.93. The van der Waals surface area contributed by atoms with Crippen LogP contribution in [-0.2, 0) is 4.79 Å². The van der Waals surface area contributed by atoms with Crippen LogP contribution in [0.25, 0.3) is 5.57 Å². The van der Waals surface area contributed by atoms with Crippen LogP contribution in [0.2, 0.25) is 0 Å². The molecule has 1 aliphatic heterocycles. The zero-order valence-corrected chi connectivity index (χ0v) is 12.0. The molecule has 3 nitrogen and oxygen atoms in total. The van der Waals surface area contributed by atoms with E-state index in [0.717, 1.165) is 37.1 Å². The van der Waals surface area contributed by atoms with Crippen molar-refractivity contribution in [3.05, 3.63) is 41.7 Å². The summed E-state index contributed by atoms with van der Waals surface area (Å²) < 4.78 is 12.9. The van der Waals surface area contributed by atoms with Crippen molar-refractivity contribution < 1.29 is 9.18 Å². The molecule has 1 aromatic rings. The lowest BCUT2D eigenvalue weighted by molar-refractivity contribution is -0.127. The highest BCUT2D eigenvalue weighted by Gasteiger charge is 2.21. The number of likely N-dealkylation sites (tertiary alicyclic amines) is 1. The summed E-state index contributed by atoms with van der Waals surface area (Å²) in [4.78, 5) is 14.1. The number of hydrogen-bond donors (Lipinski definition) is 1. The molecule has 0 radical (unpaired) electrons. The quantitative estimate of drug-likeness (QED) is 0.860. The third-order valence-electron chi connectivity index (χ3n) is 3.78. The van der Waals surface area contributed by atoms with E-state index in [9.17, 15) is 9.18 Å². The van der Waals surface area contributed by atoms with Gasteiger partial charge in [-0.3, -0.25) is 4.79 Å². The van der Waals surface area contributed by atoms with Crippen molar-refractivity contribution in [1.29, 1.82) is 0 Å². The normalized spacial score (nSPS) is 20.1. The smallest absolute Gasteiger partial charge is 0.246 e. The third kappa shape index (κ3) is 3.67. The van der Waals surface area contributed by atoms with Gasteiger partial charge in [0.05, 0.1) is 0 Å². The number of amides is 1. The van der Waals surface area contributed by atoms with E-state index in [1.165, 1.54) is 12.1 Å². The van der Waals surface area contributed by atoms with Gasteiger partial charge in [-0.15, -0.1) is 0 Å². The summed E-state index contributed by atoms with van der Waals surface area (Å²) in [6, 6.07) is 6.60. The van der Waals surface area contributed by atoms with Gasteiger partial charge in [-0.1, -0.05) is 12.1 Å². The molecular weight excluding hydrogens is 255 g/mol. The second-order valence-corrected chi connectivity index (χ2v) is 5.25. The van der Waals surface area contributed by atoms with Crippen molar-refractivity contribution >= 4 is 11.5 Å². The molecule has 0 aromatic heterocycles. The molecule has 0 bridgehead atoms. The molecule has 1 amide bonds. The molecule has 1 saturated heterocycles. The Hall–Kier alpha value is -1.68. The number of rotatable bonds is 3. The first-order valence-electron chi connectivity index (χ1n) is 7.00. The molecule has 1 N–H and O–H groups in total. The van der Waals surface area contributed by atoms with E-state index in [0.29, 0.717) is 6.04 Å². The highest BCUT2D eigenvalue weighted by Crippen LogP contribution is 2.16. The number of benzene rings is 1. The Bertz CT molecular complexity index is 496. The summed E-state index contributed by atoms with van der Waals surface area (Å²) in [5, 5.41) is 3.22. The second kappa shape index (κ2) is 6.66. The van der Waals surface area contributed by atoms with Crippen molar-refractivity contribution in [3.63, 3.8) is 0 Å². The summed E-state index contributed by atoms with van der Waals surface area (Å²) in [5.74, 6) is -0.229. The largest absolute Gasteiger partial charge is 0.338 e. The predicted octanol–water partition coefficient (Wildman–Crippen LogP) is 2.44. The van der Waals surface area contributed by atoms with Crippen LogP contribution in [0.5, 0.6) is 0 Å². The molecule has 1 unspecified atom stereocenters. The Morgan fingerprint density at radius 3 is 2.75 bits per heavy atom. The lowest BCUT2D eigenvalue weighted by Crippen LogP contribution is -2.46. The van der Waals surface area contributed by atoms with Gasteiger partial charge in [0.1, 0.15) is 5.82 Å². The molecule has 0 saturated carbocycles. The minimum atomic E-state index is -0.263. The topological polar surface area (TPSA) is 32.3 Å². The molecular formula is C16H21FN2O. The highest BCUT2D eigenvalue weighted by molar-refractivity contribution is 5.94. The highest BCUT2D eigenvalue weighted by atomic mass is 19.1. The molecule has 2 rings (SSSR count). The molecule has 0 spiro atoms. The van der Waals surface area contributed by atoms with Gasteiger partial charge in [-0.2, -0.15) is 0 Å². The predicted molar refractivity (Wildman–Crippen MR) is 78.7 cm³/mol. The first-order valence-corrected chi connectivity index (χ1v) is 7.00. The van der Waals surface area contributed by atoms with E-state index in [2.05, 4.69) is 5.32 Å². The molecule has 1 aromatic carbocycles. The Morgan fingerprint density at radius 2 is 2.10 bits per heavy atom. The summed E-state index contributed by atoms with van der Waals surface area (Å²) in [5.41, 5.74) is 1.74. The fraction of sp³-hybridized carbons (Fsp3) is 0.438. The van der Waals surface area contributed by atoms with Gasteiger partial charge in [0.15, 0.2) is 0 Å². The first-order chi connectivity index (χ1) is 9.60. The number of halogens is 1. The van der Waals surface area contributed by atoms with E-state index in [-0.39, 0.29) is 11.7 Å². The van der Waals surface area contributed by atoms with Gasteiger partial charge < -0.3 is 10.2 Å². The SMILES string of the molecule is CNC1CCCN(C(=O)/C=C(\C)c2ccc(F)cc2)C1. The average molecular weight is 276 g/mol. The van der Waals surface area contributed by atoms with Crippen LogP contribution in [0.15, 0.2) is 30.3 Å². The van der Waals surface area contributed by atoms with Crippen LogP contribution in [0, 0.1) is 5.82 Å².